The number of rotatable bonds is 3. The van der Waals surface area contributed by atoms with Crippen LogP contribution in [0.15, 0.2) is 0 Å². The molecule has 4 heteroatoms. The lowest BCUT2D eigenvalue weighted by molar-refractivity contribution is -0.146. The summed E-state index contributed by atoms with van der Waals surface area (Å²) in [6, 6.07) is 0. The van der Waals surface area contributed by atoms with E-state index in [2.05, 4.69) is 25.7 Å². The first kappa shape index (κ1) is 12.5. The van der Waals surface area contributed by atoms with Crippen molar-refractivity contribution in [1.29, 1.82) is 0 Å². The van der Waals surface area contributed by atoms with Gasteiger partial charge in [-0.05, 0) is 40.2 Å². The molecule has 0 saturated carbocycles. The summed E-state index contributed by atoms with van der Waals surface area (Å²) in [5.41, 5.74) is 0.144. The maximum absolute atomic E-state index is 10.4. The molecule has 1 fully saturated rings. The largest absolute Gasteiger partial charge is 0.480 e. The molecule has 4 nitrogen and oxygen atoms in total. The van der Waals surface area contributed by atoms with Crippen molar-refractivity contribution in [2.75, 3.05) is 19.7 Å². The van der Waals surface area contributed by atoms with Crippen molar-refractivity contribution in [3.8, 4) is 0 Å². The quantitative estimate of drug-likeness (QED) is 0.772. The van der Waals surface area contributed by atoms with Crippen LogP contribution in [-0.4, -0.2) is 47.3 Å². The number of carboxylic acid groups (broad SMARTS) is 1. The van der Waals surface area contributed by atoms with Crippen LogP contribution < -0.4 is 0 Å². The van der Waals surface area contributed by atoms with Crippen molar-refractivity contribution in [3.05, 3.63) is 0 Å². The summed E-state index contributed by atoms with van der Waals surface area (Å²) in [6.45, 7) is 8.27. The Morgan fingerprint density at radius 3 is 2.73 bits per heavy atom. The molecule has 1 N–H and O–H groups in total. The molecule has 88 valence electrons. The highest BCUT2D eigenvalue weighted by atomic mass is 16.5. The van der Waals surface area contributed by atoms with Gasteiger partial charge < -0.3 is 9.84 Å². The highest BCUT2D eigenvalue weighted by Gasteiger charge is 2.28. The second-order valence-corrected chi connectivity index (χ2v) is 5.09. The van der Waals surface area contributed by atoms with Gasteiger partial charge in [0.25, 0.3) is 0 Å². The topological polar surface area (TPSA) is 49.8 Å². The van der Waals surface area contributed by atoms with Crippen molar-refractivity contribution in [2.24, 2.45) is 0 Å². The minimum atomic E-state index is -0.886. The van der Waals surface area contributed by atoms with Gasteiger partial charge >= 0.3 is 5.97 Å². The SMILES string of the molecule is CC(C)(C)N1CCCC(OCC(=O)O)C1. The summed E-state index contributed by atoms with van der Waals surface area (Å²) in [6.07, 6.45) is 2.13. The van der Waals surface area contributed by atoms with Crippen molar-refractivity contribution < 1.29 is 14.6 Å². The van der Waals surface area contributed by atoms with E-state index < -0.39 is 5.97 Å². The van der Waals surface area contributed by atoms with Gasteiger partial charge in [0.15, 0.2) is 0 Å². The number of ether oxygens (including phenoxy) is 1. The zero-order valence-corrected chi connectivity index (χ0v) is 9.82. The Kier molecular flexibility index (Phi) is 4.11. The van der Waals surface area contributed by atoms with Crippen LogP contribution in [0.3, 0.4) is 0 Å². The van der Waals surface area contributed by atoms with E-state index >= 15 is 0 Å². The van der Waals surface area contributed by atoms with E-state index in [4.69, 9.17) is 9.84 Å². The molecule has 0 bridgehead atoms. The van der Waals surface area contributed by atoms with Gasteiger partial charge in [0.05, 0.1) is 6.10 Å². The second-order valence-electron chi connectivity index (χ2n) is 5.09. The average Bonchev–Trinajstić information content (AvgIpc) is 2.14. The smallest absolute Gasteiger partial charge is 0.329 e. The van der Waals surface area contributed by atoms with Gasteiger partial charge in [0, 0.05) is 12.1 Å². The first-order valence-corrected chi connectivity index (χ1v) is 5.48. The Morgan fingerprint density at radius 2 is 2.20 bits per heavy atom. The number of hydrogen-bond acceptors (Lipinski definition) is 3. The fourth-order valence-electron chi connectivity index (χ4n) is 1.87. The molecule has 1 aliphatic rings. The number of piperidine rings is 1. The van der Waals surface area contributed by atoms with Crippen LogP contribution in [-0.2, 0) is 9.53 Å². The van der Waals surface area contributed by atoms with Gasteiger partial charge in [0.1, 0.15) is 6.61 Å². The highest BCUT2D eigenvalue weighted by molar-refractivity contribution is 5.68. The fourth-order valence-corrected chi connectivity index (χ4v) is 1.87. The molecule has 1 aliphatic heterocycles. The first-order valence-electron chi connectivity index (χ1n) is 5.48. The van der Waals surface area contributed by atoms with Gasteiger partial charge in [-0.3, -0.25) is 4.90 Å². The summed E-state index contributed by atoms with van der Waals surface area (Å²) in [7, 11) is 0. The molecule has 1 atom stereocenters. The molecule has 1 rings (SSSR count). The van der Waals surface area contributed by atoms with Crippen LogP contribution in [0.25, 0.3) is 0 Å². The average molecular weight is 215 g/mol. The maximum Gasteiger partial charge on any atom is 0.329 e. The molecular weight excluding hydrogens is 194 g/mol. The summed E-state index contributed by atoms with van der Waals surface area (Å²) >= 11 is 0. The van der Waals surface area contributed by atoms with Crippen LogP contribution in [0.1, 0.15) is 33.6 Å². The summed E-state index contributed by atoms with van der Waals surface area (Å²) in [4.78, 5) is 12.7. The van der Waals surface area contributed by atoms with Crippen molar-refractivity contribution >= 4 is 5.97 Å². The molecule has 1 saturated heterocycles. The summed E-state index contributed by atoms with van der Waals surface area (Å²) in [5.74, 6) is -0.886. The lowest BCUT2D eigenvalue weighted by Crippen LogP contribution is -2.49. The van der Waals surface area contributed by atoms with Gasteiger partial charge in [-0.25, -0.2) is 4.79 Å². The van der Waals surface area contributed by atoms with E-state index in [0.717, 1.165) is 25.9 Å². The van der Waals surface area contributed by atoms with Crippen molar-refractivity contribution in [3.63, 3.8) is 0 Å². The summed E-state index contributed by atoms with van der Waals surface area (Å²) in [5, 5.41) is 8.53. The predicted octanol–water partition coefficient (Wildman–Crippen LogP) is 1.35. The second kappa shape index (κ2) is 4.94. The molecule has 0 aromatic heterocycles. The molecule has 15 heavy (non-hydrogen) atoms. The normalized spacial score (nSPS) is 24.1. The molecule has 0 spiro atoms. The van der Waals surface area contributed by atoms with Gasteiger partial charge in [-0.15, -0.1) is 0 Å². The lowest BCUT2D eigenvalue weighted by Gasteiger charge is -2.41. The number of nitrogens with zero attached hydrogens (tertiary/aromatic N) is 1. The Hall–Kier alpha value is -0.610. The number of hydrogen-bond donors (Lipinski definition) is 1. The molecule has 1 unspecified atom stereocenters. The van der Waals surface area contributed by atoms with E-state index in [1.807, 2.05) is 0 Å². The van der Waals surface area contributed by atoms with Gasteiger partial charge in [-0.1, -0.05) is 0 Å². The Balaban J connectivity index is 2.39. The first-order chi connectivity index (χ1) is 6.89. The fraction of sp³-hybridized carbons (Fsp3) is 0.909. The van der Waals surface area contributed by atoms with Crippen LogP contribution in [0, 0.1) is 0 Å². The third kappa shape index (κ3) is 4.18. The molecule has 0 radical (unpaired) electrons. The lowest BCUT2D eigenvalue weighted by atomic mass is 9.99. The standard InChI is InChI=1S/C11H21NO3/c1-11(2,3)12-6-4-5-9(7-12)15-8-10(13)14/h9H,4-8H2,1-3H3,(H,13,14). The van der Waals surface area contributed by atoms with E-state index in [9.17, 15) is 4.79 Å². The minimum Gasteiger partial charge on any atom is -0.480 e. The van der Waals surface area contributed by atoms with Gasteiger partial charge in [-0.2, -0.15) is 0 Å². The van der Waals surface area contributed by atoms with E-state index in [-0.39, 0.29) is 18.2 Å². The maximum atomic E-state index is 10.4. The Bertz CT molecular complexity index is 222. The Labute approximate surface area is 91.2 Å². The number of carbonyl (C=O) groups is 1. The molecule has 0 aromatic carbocycles. The summed E-state index contributed by atoms with van der Waals surface area (Å²) < 4.78 is 5.33. The molecule has 1 heterocycles. The van der Waals surface area contributed by atoms with E-state index in [1.54, 1.807) is 0 Å². The molecular formula is C11H21NO3. The third-order valence-corrected chi connectivity index (χ3v) is 2.77. The van der Waals surface area contributed by atoms with Crippen molar-refractivity contribution in [1.82, 2.24) is 4.90 Å². The van der Waals surface area contributed by atoms with Crippen LogP contribution in [0.2, 0.25) is 0 Å². The van der Waals surface area contributed by atoms with Crippen LogP contribution >= 0.6 is 0 Å². The zero-order chi connectivity index (χ0) is 11.5. The van der Waals surface area contributed by atoms with E-state index in [1.165, 1.54) is 0 Å². The third-order valence-electron chi connectivity index (χ3n) is 2.77. The Morgan fingerprint density at radius 1 is 1.53 bits per heavy atom. The highest BCUT2D eigenvalue weighted by Crippen LogP contribution is 2.21. The van der Waals surface area contributed by atoms with Crippen LogP contribution in [0.5, 0.6) is 0 Å². The number of carboxylic acids is 1. The van der Waals surface area contributed by atoms with Gasteiger partial charge in [0.2, 0.25) is 0 Å². The molecule has 0 aliphatic carbocycles. The predicted molar refractivity (Wildman–Crippen MR) is 57.9 cm³/mol. The monoisotopic (exact) mass is 215 g/mol. The van der Waals surface area contributed by atoms with Crippen molar-refractivity contribution in [2.45, 2.75) is 45.3 Å². The molecule has 0 aromatic rings. The van der Waals surface area contributed by atoms with E-state index in [0.29, 0.717) is 0 Å². The minimum absolute atomic E-state index is 0.0778. The van der Waals surface area contributed by atoms with Crippen LogP contribution in [0.4, 0.5) is 0 Å². The molecule has 0 amide bonds. The zero-order valence-electron chi connectivity index (χ0n) is 9.82. The number of aliphatic carboxylic acids is 1. The number of likely N-dealkylation sites (tertiary alicyclic amines) is 1.